The van der Waals surface area contributed by atoms with Crippen LogP contribution in [0, 0.1) is 0 Å². The average molecular weight is 496 g/mol. The Morgan fingerprint density at radius 3 is 1.39 bits per heavy atom. The molecular formula is C32H25B5S. The smallest absolute Gasteiger partial charge is 0.135 e. The van der Waals surface area contributed by atoms with Gasteiger partial charge in [-0.2, -0.15) is 0 Å². The van der Waals surface area contributed by atoms with E-state index in [1.807, 2.05) is 11.3 Å². The first-order chi connectivity index (χ1) is 18.5. The van der Waals surface area contributed by atoms with Crippen LogP contribution >= 0.6 is 11.3 Å². The van der Waals surface area contributed by atoms with Crippen molar-refractivity contribution in [2.75, 3.05) is 0 Å². The second kappa shape index (κ2) is 8.71. The van der Waals surface area contributed by atoms with Crippen LogP contribution in [0.2, 0.25) is 0 Å². The Hall–Kier alpha value is -3.62. The van der Waals surface area contributed by atoms with E-state index in [9.17, 15) is 0 Å². The summed E-state index contributed by atoms with van der Waals surface area (Å²) in [6, 6.07) is 33.9. The molecule has 0 amide bonds. The van der Waals surface area contributed by atoms with E-state index in [0.29, 0.717) is 0 Å². The van der Waals surface area contributed by atoms with Crippen molar-refractivity contribution in [2.45, 2.75) is 0 Å². The second-order valence-electron chi connectivity index (χ2n) is 10.7. The minimum absolute atomic E-state index is 1.28. The summed E-state index contributed by atoms with van der Waals surface area (Å²) >= 11 is 1.88. The molecule has 0 radical (unpaired) electrons. The zero-order chi connectivity index (χ0) is 26.1. The van der Waals surface area contributed by atoms with Crippen molar-refractivity contribution in [2.24, 2.45) is 0 Å². The van der Waals surface area contributed by atoms with E-state index in [-0.39, 0.29) is 0 Å². The molecule has 0 spiro atoms. The Balaban J connectivity index is 1.64. The van der Waals surface area contributed by atoms with E-state index in [1.54, 1.807) is 0 Å². The van der Waals surface area contributed by atoms with E-state index >= 15 is 0 Å². The highest BCUT2D eigenvalue weighted by atomic mass is 32.1. The van der Waals surface area contributed by atoms with Crippen molar-refractivity contribution < 1.29 is 0 Å². The molecule has 0 unspecified atom stereocenters. The third-order valence-electron chi connectivity index (χ3n) is 8.85. The van der Waals surface area contributed by atoms with Crippen molar-refractivity contribution in [3.63, 3.8) is 0 Å². The minimum Gasteiger partial charge on any atom is -0.135 e. The summed E-state index contributed by atoms with van der Waals surface area (Å²) in [5, 5.41) is 7.97. The van der Waals surface area contributed by atoms with Gasteiger partial charge in [0, 0.05) is 20.2 Å². The van der Waals surface area contributed by atoms with E-state index in [0.717, 1.165) is 0 Å². The molecule has 1 aromatic heterocycles. The largest absolute Gasteiger partial charge is 0.139 e. The lowest BCUT2D eigenvalue weighted by atomic mass is 9.59. The lowest BCUT2D eigenvalue weighted by molar-refractivity contribution is 1.71. The molecule has 7 rings (SSSR count). The maximum atomic E-state index is 2.42. The predicted molar refractivity (Wildman–Crippen MR) is 186 cm³/mol. The number of fused-ring (bicyclic) bond motifs is 5. The quantitative estimate of drug-likeness (QED) is 0.248. The van der Waals surface area contributed by atoms with Crippen LogP contribution in [0.5, 0.6) is 0 Å². The van der Waals surface area contributed by atoms with Gasteiger partial charge < -0.3 is 0 Å². The van der Waals surface area contributed by atoms with Gasteiger partial charge in [0.25, 0.3) is 0 Å². The van der Waals surface area contributed by atoms with Gasteiger partial charge in [-0.1, -0.05) is 83.7 Å². The summed E-state index contributed by atoms with van der Waals surface area (Å²) < 4.78 is 2.69. The number of rotatable bonds is 2. The van der Waals surface area contributed by atoms with Crippen LogP contribution in [-0.4, -0.2) is 39.2 Å². The lowest BCUT2D eigenvalue weighted by Gasteiger charge is -2.24. The first kappa shape index (κ1) is 23.5. The predicted octanol–water partition coefficient (Wildman–Crippen LogP) is 0.987. The van der Waals surface area contributed by atoms with Gasteiger partial charge in [-0.3, -0.25) is 0 Å². The maximum absolute atomic E-state index is 2.42. The second-order valence-corrected chi connectivity index (χ2v) is 11.7. The normalized spacial score (nSPS) is 11.7. The highest BCUT2D eigenvalue weighted by Gasteiger charge is 2.21. The molecule has 0 aliphatic carbocycles. The minimum atomic E-state index is 1.28. The van der Waals surface area contributed by atoms with Gasteiger partial charge in [-0.15, -0.1) is 27.7 Å². The number of hydrogen-bond donors (Lipinski definition) is 0. The van der Waals surface area contributed by atoms with Crippen LogP contribution in [0.25, 0.3) is 64.0 Å². The molecule has 0 saturated carbocycles. The zero-order valence-electron chi connectivity index (χ0n) is 22.6. The Morgan fingerprint density at radius 1 is 0.368 bits per heavy atom. The molecule has 0 aliphatic rings. The lowest BCUT2D eigenvalue weighted by Crippen LogP contribution is -2.55. The Morgan fingerprint density at radius 2 is 0.816 bits per heavy atom. The summed E-state index contributed by atoms with van der Waals surface area (Å²) in [4.78, 5) is 0. The van der Waals surface area contributed by atoms with Crippen LogP contribution in [0.15, 0.2) is 91.0 Å². The van der Waals surface area contributed by atoms with Crippen LogP contribution < -0.4 is 27.3 Å². The molecule has 6 heteroatoms. The van der Waals surface area contributed by atoms with Crippen molar-refractivity contribution in [3.05, 3.63) is 91.0 Å². The van der Waals surface area contributed by atoms with Crippen molar-refractivity contribution in [1.82, 2.24) is 0 Å². The van der Waals surface area contributed by atoms with Gasteiger partial charge in [-0.05, 0) is 62.0 Å². The SMILES string of the molecule is Bc1c(B)c(B)c(-c2c3ccccc3c(-c3ccc4sc5ccccc5c4c3)c3ccccc23)c(B)c1B. The Labute approximate surface area is 232 Å². The zero-order valence-corrected chi connectivity index (χ0v) is 23.4. The first-order valence-electron chi connectivity index (χ1n) is 13.4. The Kier molecular flexibility index (Phi) is 5.39. The number of hydrogen-bond acceptors (Lipinski definition) is 1. The molecule has 174 valence electrons. The van der Waals surface area contributed by atoms with Gasteiger partial charge in [0.2, 0.25) is 0 Å². The van der Waals surface area contributed by atoms with Crippen molar-refractivity contribution in [1.29, 1.82) is 0 Å². The van der Waals surface area contributed by atoms with Crippen LogP contribution in [0.4, 0.5) is 0 Å². The number of benzene rings is 6. The molecule has 38 heavy (non-hydrogen) atoms. The van der Waals surface area contributed by atoms with Crippen LogP contribution in [-0.2, 0) is 0 Å². The van der Waals surface area contributed by atoms with E-state index < -0.39 is 0 Å². The average Bonchev–Trinajstić information content (AvgIpc) is 3.33. The fourth-order valence-corrected chi connectivity index (χ4v) is 7.55. The molecule has 1 heterocycles. The van der Waals surface area contributed by atoms with Gasteiger partial charge >= 0.3 is 0 Å². The fourth-order valence-electron chi connectivity index (χ4n) is 6.47. The summed E-state index contributed by atoms with van der Waals surface area (Å²) in [5.41, 5.74) is 12.3. The molecule has 0 atom stereocenters. The standard InChI is InChI=1S/C32H25B5S/c33-28-27(29(34)31(36)32(37)30(28)35)26-20-10-3-1-8-18(20)25(19-9-2-4-11-21(19)26)16-13-14-24-22(15-16)17-7-5-6-12-23(17)38-24/h1-15H,33-37H2. The monoisotopic (exact) mass is 496 g/mol. The highest BCUT2D eigenvalue weighted by molar-refractivity contribution is 7.25. The first-order valence-corrected chi connectivity index (χ1v) is 14.2. The van der Waals surface area contributed by atoms with Gasteiger partial charge in [-0.25, -0.2) is 0 Å². The summed E-state index contributed by atoms with van der Waals surface area (Å²) in [6.45, 7) is 0. The van der Waals surface area contributed by atoms with E-state index in [4.69, 9.17) is 0 Å². The molecule has 0 bridgehead atoms. The van der Waals surface area contributed by atoms with Crippen molar-refractivity contribution >= 4 is 120 Å². The fraction of sp³-hybridized carbons (Fsp3) is 0. The molecule has 0 nitrogen and oxygen atoms in total. The molecule has 0 saturated heterocycles. The maximum Gasteiger partial charge on any atom is 0.139 e. The van der Waals surface area contributed by atoms with Gasteiger partial charge in [0.1, 0.15) is 39.2 Å². The summed E-state index contributed by atoms with van der Waals surface area (Å²) in [5.74, 6) is 0. The third kappa shape index (κ3) is 3.30. The Bertz CT molecular complexity index is 2000. The van der Waals surface area contributed by atoms with E-state index in [1.165, 1.54) is 91.3 Å². The van der Waals surface area contributed by atoms with Gasteiger partial charge in [0.15, 0.2) is 0 Å². The molecule has 0 N–H and O–H groups in total. The summed E-state index contributed by atoms with van der Waals surface area (Å²) in [6.07, 6.45) is 0. The summed E-state index contributed by atoms with van der Waals surface area (Å²) in [7, 11) is 11.4. The van der Waals surface area contributed by atoms with Crippen LogP contribution in [0.3, 0.4) is 0 Å². The van der Waals surface area contributed by atoms with Crippen molar-refractivity contribution in [3.8, 4) is 22.3 Å². The third-order valence-corrected chi connectivity index (χ3v) is 10.00. The topological polar surface area (TPSA) is 0 Å². The van der Waals surface area contributed by atoms with E-state index in [2.05, 4.69) is 130 Å². The highest BCUT2D eigenvalue weighted by Crippen LogP contribution is 2.44. The van der Waals surface area contributed by atoms with Crippen LogP contribution in [0.1, 0.15) is 0 Å². The molecule has 6 aromatic carbocycles. The molecule has 7 aromatic rings. The number of thiophene rings is 1. The molecule has 0 aliphatic heterocycles. The molecular weight excluding hydrogens is 470 g/mol. The molecule has 0 fully saturated rings. The van der Waals surface area contributed by atoms with Gasteiger partial charge in [0.05, 0.1) is 0 Å².